The lowest BCUT2D eigenvalue weighted by atomic mass is 10.2. The van der Waals surface area contributed by atoms with Crippen molar-refractivity contribution in [3.63, 3.8) is 0 Å². The topological polar surface area (TPSA) is 140 Å². The van der Waals surface area contributed by atoms with Gasteiger partial charge < -0.3 is 19.2 Å². The van der Waals surface area contributed by atoms with Gasteiger partial charge in [0.1, 0.15) is 23.0 Å². The molecule has 2 amide bonds. The summed E-state index contributed by atoms with van der Waals surface area (Å²) in [7, 11) is -1.12. The Morgan fingerprint density at radius 2 is 1.64 bits per heavy atom. The maximum Gasteiger partial charge on any atom is 0.329 e. The number of furan rings is 1. The van der Waals surface area contributed by atoms with Crippen LogP contribution in [0.4, 0.5) is 5.69 Å². The van der Waals surface area contributed by atoms with E-state index in [0.29, 0.717) is 27.1 Å². The van der Waals surface area contributed by atoms with E-state index in [9.17, 15) is 18.0 Å². The highest BCUT2D eigenvalue weighted by atomic mass is 35.5. The second kappa shape index (κ2) is 14.6. The SMILES string of the molecule is COc1ccc(NC(=O)C(=O)N/N=C/c2ccc(CN(Cc3ccc(Cl)c(Cl)c3)S(=O)(=O)c3ccc(Cl)cc3)o2)c(OC)c1. The molecule has 4 aromatic rings. The molecular weight excluding hydrogens is 655 g/mol. The fourth-order valence-electron chi connectivity index (χ4n) is 3.83. The minimum atomic E-state index is -4.01. The summed E-state index contributed by atoms with van der Waals surface area (Å²) in [5, 5.41) is 7.19. The summed E-state index contributed by atoms with van der Waals surface area (Å²) in [6.07, 6.45) is 1.17. The predicted molar refractivity (Wildman–Crippen MR) is 167 cm³/mol. The number of carbonyl (C=O) groups is 2. The van der Waals surface area contributed by atoms with Gasteiger partial charge in [0.2, 0.25) is 10.0 Å². The van der Waals surface area contributed by atoms with Gasteiger partial charge in [0.05, 0.1) is 47.6 Å². The molecule has 1 heterocycles. The number of halogens is 3. The first-order valence-electron chi connectivity index (χ1n) is 12.6. The molecule has 230 valence electrons. The summed E-state index contributed by atoms with van der Waals surface area (Å²) in [5.74, 6) is -0.769. The number of hydrogen-bond acceptors (Lipinski definition) is 8. The number of methoxy groups -OCH3 is 2. The number of carbonyl (C=O) groups excluding carboxylic acids is 2. The van der Waals surface area contributed by atoms with E-state index in [4.69, 9.17) is 48.7 Å². The van der Waals surface area contributed by atoms with E-state index in [-0.39, 0.29) is 40.2 Å². The second-order valence-electron chi connectivity index (χ2n) is 9.00. The number of rotatable bonds is 11. The molecule has 0 bridgehead atoms. The molecular formula is C29H25Cl3N4O7S. The molecule has 1 aromatic heterocycles. The van der Waals surface area contributed by atoms with Gasteiger partial charge in [-0.1, -0.05) is 40.9 Å². The lowest BCUT2D eigenvalue weighted by molar-refractivity contribution is -0.136. The van der Waals surface area contributed by atoms with Crippen molar-refractivity contribution in [1.82, 2.24) is 9.73 Å². The lowest BCUT2D eigenvalue weighted by Gasteiger charge is -2.22. The van der Waals surface area contributed by atoms with E-state index in [1.165, 1.54) is 61.1 Å². The third-order valence-corrected chi connectivity index (χ3v) is 8.83. The zero-order valence-electron chi connectivity index (χ0n) is 23.2. The van der Waals surface area contributed by atoms with Gasteiger partial charge in [-0.3, -0.25) is 9.59 Å². The van der Waals surface area contributed by atoms with Gasteiger partial charge in [-0.05, 0) is 66.2 Å². The number of hydrazone groups is 1. The Labute approximate surface area is 268 Å². The summed E-state index contributed by atoms with van der Waals surface area (Å²) in [4.78, 5) is 24.6. The first-order valence-corrected chi connectivity index (χ1v) is 15.2. The molecule has 0 spiro atoms. The Balaban J connectivity index is 1.45. The fraction of sp³-hybridized carbons (Fsp3) is 0.138. The van der Waals surface area contributed by atoms with Crippen LogP contribution in [0.15, 0.2) is 87.2 Å². The average Bonchev–Trinajstić information content (AvgIpc) is 3.46. The molecule has 15 heteroatoms. The van der Waals surface area contributed by atoms with Crippen LogP contribution in [0.2, 0.25) is 15.1 Å². The summed E-state index contributed by atoms with van der Waals surface area (Å²) in [6.45, 7) is -0.201. The van der Waals surface area contributed by atoms with Crippen molar-refractivity contribution >= 4 is 68.5 Å². The molecule has 0 atom stereocenters. The maximum absolute atomic E-state index is 13.6. The Morgan fingerprint density at radius 1 is 0.886 bits per heavy atom. The molecule has 0 unspecified atom stereocenters. The summed E-state index contributed by atoms with van der Waals surface area (Å²) < 4.78 is 44.4. The van der Waals surface area contributed by atoms with Crippen molar-refractivity contribution in [3.05, 3.63) is 105 Å². The number of hydrogen-bond donors (Lipinski definition) is 2. The monoisotopic (exact) mass is 678 g/mol. The van der Waals surface area contributed by atoms with E-state index in [1.54, 1.807) is 36.4 Å². The molecule has 0 fully saturated rings. The van der Waals surface area contributed by atoms with Crippen LogP contribution in [0, 0.1) is 0 Å². The van der Waals surface area contributed by atoms with Crippen molar-refractivity contribution in [1.29, 1.82) is 0 Å². The third-order valence-electron chi connectivity index (χ3n) is 6.03. The number of benzene rings is 3. The number of nitrogens with one attached hydrogen (secondary N) is 2. The first kappa shape index (κ1) is 32.8. The summed E-state index contributed by atoms with van der Waals surface area (Å²) in [5.41, 5.74) is 2.96. The standard InChI is InChI=1S/C29H25Cl3N4O7S/c1-41-20-8-12-26(27(14-20)42-2)34-28(37)29(38)35-33-15-21-6-7-22(43-21)17-36(16-18-3-11-24(31)25(32)13-18)44(39,40)23-9-4-19(30)5-10-23/h3-15H,16-17H2,1-2H3,(H,34,37)(H,35,38)/b33-15+. The van der Waals surface area contributed by atoms with Gasteiger partial charge in [0.15, 0.2) is 0 Å². The molecule has 4 rings (SSSR count). The van der Waals surface area contributed by atoms with Gasteiger partial charge in [-0.15, -0.1) is 0 Å². The van der Waals surface area contributed by atoms with E-state index in [1.807, 2.05) is 0 Å². The van der Waals surface area contributed by atoms with Crippen molar-refractivity contribution in [3.8, 4) is 11.5 Å². The number of anilines is 1. The smallest absolute Gasteiger partial charge is 0.329 e. The molecule has 3 aromatic carbocycles. The van der Waals surface area contributed by atoms with Crippen molar-refractivity contribution in [2.75, 3.05) is 19.5 Å². The lowest BCUT2D eigenvalue weighted by Crippen LogP contribution is -2.32. The van der Waals surface area contributed by atoms with E-state index in [2.05, 4.69) is 15.8 Å². The summed E-state index contributed by atoms with van der Waals surface area (Å²) in [6, 6.07) is 18.4. The minimum Gasteiger partial charge on any atom is -0.497 e. The molecule has 0 saturated carbocycles. The van der Waals surface area contributed by atoms with Crippen LogP contribution < -0.4 is 20.2 Å². The molecule has 0 aliphatic carbocycles. The molecule has 2 N–H and O–H groups in total. The van der Waals surface area contributed by atoms with E-state index in [0.717, 1.165) is 0 Å². The minimum absolute atomic E-state index is 0.0311. The number of amides is 2. The Morgan fingerprint density at radius 3 is 2.32 bits per heavy atom. The Bertz CT molecular complexity index is 1790. The molecule has 0 aliphatic rings. The van der Waals surface area contributed by atoms with Gasteiger partial charge in [-0.2, -0.15) is 9.41 Å². The highest BCUT2D eigenvalue weighted by Crippen LogP contribution is 2.29. The quantitative estimate of drug-likeness (QED) is 0.117. The zero-order chi connectivity index (χ0) is 31.9. The Kier molecular flexibility index (Phi) is 10.9. The van der Waals surface area contributed by atoms with Crippen LogP contribution in [0.5, 0.6) is 11.5 Å². The molecule has 11 nitrogen and oxygen atoms in total. The zero-order valence-corrected chi connectivity index (χ0v) is 26.3. The fourth-order valence-corrected chi connectivity index (χ4v) is 5.67. The van der Waals surface area contributed by atoms with Crippen LogP contribution in [0.25, 0.3) is 0 Å². The molecule has 0 radical (unpaired) electrons. The van der Waals surface area contributed by atoms with Crippen LogP contribution in [-0.2, 0) is 32.7 Å². The number of ether oxygens (including phenoxy) is 2. The van der Waals surface area contributed by atoms with E-state index >= 15 is 0 Å². The highest BCUT2D eigenvalue weighted by molar-refractivity contribution is 7.89. The second-order valence-corrected chi connectivity index (χ2v) is 12.2. The average molecular weight is 680 g/mol. The van der Waals surface area contributed by atoms with Crippen LogP contribution >= 0.6 is 34.8 Å². The van der Waals surface area contributed by atoms with Crippen molar-refractivity contribution < 1.29 is 31.9 Å². The van der Waals surface area contributed by atoms with Crippen LogP contribution in [0.3, 0.4) is 0 Å². The maximum atomic E-state index is 13.6. The van der Waals surface area contributed by atoms with Crippen LogP contribution in [-0.4, -0.2) is 45.0 Å². The van der Waals surface area contributed by atoms with Gasteiger partial charge >= 0.3 is 11.8 Å². The number of sulfonamides is 1. The van der Waals surface area contributed by atoms with Gasteiger partial charge in [0.25, 0.3) is 0 Å². The van der Waals surface area contributed by atoms with Crippen LogP contribution in [0.1, 0.15) is 17.1 Å². The number of nitrogens with zero attached hydrogens (tertiary/aromatic N) is 2. The predicted octanol–water partition coefficient (Wildman–Crippen LogP) is 5.74. The largest absolute Gasteiger partial charge is 0.497 e. The molecule has 0 saturated heterocycles. The van der Waals surface area contributed by atoms with E-state index < -0.39 is 21.8 Å². The normalized spacial score (nSPS) is 11.5. The first-order chi connectivity index (χ1) is 21.0. The van der Waals surface area contributed by atoms with Crippen molar-refractivity contribution in [2.24, 2.45) is 5.10 Å². The molecule has 0 aliphatic heterocycles. The summed E-state index contributed by atoms with van der Waals surface area (Å²) >= 11 is 18.1. The third kappa shape index (κ3) is 8.30. The Hall–Kier alpha value is -4.07. The highest BCUT2D eigenvalue weighted by Gasteiger charge is 2.26. The van der Waals surface area contributed by atoms with Gasteiger partial charge in [0, 0.05) is 17.6 Å². The van der Waals surface area contributed by atoms with Crippen molar-refractivity contribution in [2.45, 2.75) is 18.0 Å². The van der Waals surface area contributed by atoms with Gasteiger partial charge in [-0.25, -0.2) is 13.8 Å². The molecule has 44 heavy (non-hydrogen) atoms.